The number of carbonyl (C=O) groups is 1. The lowest BCUT2D eigenvalue weighted by Crippen LogP contribution is -2.26. The van der Waals surface area contributed by atoms with Crippen LogP contribution in [0.15, 0.2) is 18.2 Å². The Kier molecular flexibility index (Phi) is 6.23. The number of non-ortho nitro benzene ring substituents is 1. The number of carbonyl (C=O) groups excluding carboxylic acids is 1. The smallest absolute Gasteiger partial charge is 0.372 e. The van der Waals surface area contributed by atoms with E-state index < -0.39 is 35.1 Å². The van der Waals surface area contributed by atoms with Crippen molar-refractivity contribution in [1.29, 1.82) is 0 Å². The molecule has 122 valence electrons. The van der Waals surface area contributed by atoms with Crippen LogP contribution in [0.4, 0.5) is 23.2 Å². The van der Waals surface area contributed by atoms with Crippen LogP contribution in [0.2, 0.25) is 0 Å². The predicted molar refractivity (Wildman–Crippen MR) is 66.9 cm³/mol. The summed E-state index contributed by atoms with van der Waals surface area (Å²) in [4.78, 5) is 21.2. The molecule has 1 N–H and O–H groups in total. The molecule has 0 aliphatic carbocycles. The molecule has 10 heteroatoms. The van der Waals surface area contributed by atoms with E-state index in [9.17, 15) is 32.5 Å². The Bertz CT molecular complexity index is 548. The molecule has 1 aromatic rings. The quantitative estimate of drug-likeness (QED) is 0.361. The van der Waals surface area contributed by atoms with E-state index in [-0.39, 0.29) is 25.1 Å². The van der Waals surface area contributed by atoms with Gasteiger partial charge in [-0.3, -0.25) is 14.9 Å². The Hall–Kier alpha value is -2.23. The molecular weight excluding hydrogens is 312 g/mol. The number of nitro benzene ring substituents is 1. The zero-order valence-corrected chi connectivity index (χ0v) is 11.2. The van der Waals surface area contributed by atoms with Crippen molar-refractivity contribution in [2.24, 2.45) is 0 Å². The predicted octanol–water partition coefficient (Wildman–Crippen LogP) is 2.43. The molecule has 0 atom stereocenters. The Morgan fingerprint density at radius 3 is 2.59 bits per heavy atom. The maximum atomic E-state index is 13.5. The van der Waals surface area contributed by atoms with E-state index in [1.54, 1.807) is 0 Å². The molecule has 0 bridgehead atoms. The third-order valence-corrected chi connectivity index (χ3v) is 2.42. The van der Waals surface area contributed by atoms with Crippen LogP contribution < -0.4 is 5.32 Å². The summed E-state index contributed by atoms with van der Waals surface area (Å²) in [5.74, 6) is -1.87. The molecule has 0 unspecified atom stereocenters. The van der Waals surface area contributed by atoms with Crippen LogP contribution >= 0.6 is 0 Å². The number of halogens is 4. The highest BCUT2D eigenvalue weighted by atomic mass is 19.4. The minimum atomic E-state index is -4.41. The van der Waals surface area contributed by atoms with E-state index >= 15 is 0 Å². The first-order chi connectivity index (χ1) is 10.2. The topological polar surface area (TPSA) is 81.5 Å². The summed E-state index contributed by atoms with van der Waals surface area (Å²) in [6.45, 7) is -1.62. The second-order valence-electron chi connectivity index (χ2n) is 4.20. The van der Waals surface area contributed by atoms with Gasteiger partial charge in [-0.1, -0.05) is 0 Å². The fourth-order valence-electron chi connectivity index (χ4n) is 1.46. The van der Waals surface area contributed by atoms with Crippen molar-refractivity contribution in [3.8, 4) is 0 Å². The van der Waals surface area contributed by atoms with E-state index in [0.29, 0.717) is 6.07 Å². The lowest BCUT2D eigenvalue weighted by atomic mass is 10.2. The van der Waals surface area contributed by atoms with Crippen LogP contribution in [-0.2, 0) is 4.74 Å². The van der Waals surface area contributed by atoms with E-state index in [0.717, 1.165) is 12.1 Å². The van der Waals surface area contributed by atoms with Crippen molar-refractivity contribution in [3.63, 3.8) is 0 Å². The van der Waals surface area contributed by atoms with Gasteiger partial charge < -0.3 is 10.1 Å². The van der Waals surface area contributed by atoms with Crippen molar-refractivity contribution in [1.82, 2.24) is 5.32 Å². The van der Waals surface area contributed by atoms with Crippen molar-refractivity contribution in [3.05, 3.63) is 39.7 Å². The van der Waals surface area contributed by atoms with Crippen LogP contribution in [0.25, 0.3) is 0 Å². The number of hydrogen-bond donors (Lipinski definition) is 1. The molecule has 0 spiro atoms. The number of ether oxygens (including phenoxy) is 1. The van der Waals surface area contributed by atoms with Crippen molar-refractivity contribution in [2.75, 3.05) is 19.8 Å². The highest BCUT2D eigenvalue weighted by molar-refractivity contribution is 5.94. The van der Waals surface area contributed by atoms with E-state index in [1.165, 1.54) is 0 Å². The minimum Gasteiger partial charge on any atom is -0.372 e. The van der Waals surface area contributed by atoms with Crippen LogP contribution in [0.1, 0.15) is 16.8 Å². The monoisotopic (exact) mass is 324 g/mol. The Morgan fingerprint density at radius 1 is 1.36 bits per heavy atom. The number of rotatable bonds is 7. The summed E-state index contributed by atoms with van der Waals surface area (Å²) in [6.07, 6.45) is -4.30. The number of hydrogen-bond acceptors (Lipinski definition) is 4. The molecule has 0 heterocycles. The van der Waals surface area contributed by atoms with Gasteiger partial charge in [0, 0.05) is 19.2 Å². The standard InChI is InChI=1S/C12H12F4N2O4/c13-10-6-8(18(20)21)2-3-9(10)11(19)17-4-1-5-22-7-12(14,15)16/h2-3,6H,1,4-5,7H2,(H,17,19). The molecule has 1 aromatic carbocycles. The first-order valence-electron chi connectivity index (χ1n) is 6.07. The van der Waals surface area contributed by atoms with Crippen molar-refractivity contribution in [2.45, 2.75) is 12.6 Å². The third-order valence-electron chi connectivity index (χ3n) is 2.42. The van der Waals surface area contributed by atoms with E-state index in [4.69, 9.17) is 0 Å². The Morgan fingerprint density at radius 2 is 2.05 bits per heavy atom. The average Bonchev–Trinajstić information content (AvgIpc) is 2.40. The fourth-order valence-corrected chi connectivity index (χ4v) is 1.46. The summed E-state index contributed by atoms with van der Waals surface area (Å²) >= 11 is 0. The zero-order chi connectivity index (χ0) is 16.8. The molecule has 0 aliphatic heterocycles. The maximum Gasteiger partial charge on any atom is 0.411 e. The van der Waals surface area contributed by atoms with E-state index in [1.807, 2.05) is 0 Å². The maximum absolute atomic E-state index is 13.5. The third kappa shape index (κ3) is 6.04. The summed E-state index contributed by atoms with van der Waals surface area (Å²) in [5, 5.41) is 12.7. The summed E-state index contributed by atoms with van der Waals surface area (Å²) in [5.41, 5.74) is -0.878. The summed E-state index contributed by atoms with van der Waals surface area (Å²) in [7, 11) is 0. The molecule has 0 aliphatic rings. The minimum absolute atomic E-state index is 0.0207. The lowest BCUT2D eigenvalue weighted by Gasteiger charge is -2.08. The van der Waals surface area contributed by atoms with Crippen molar-refractivity contribution < 1.29 is 32.0 Å². The van der Waals surface area contributed by atoms with Gasteiger partial charge in [0.05, 0.1) is 16.6 Å². The van der Waals surface area contributed by atoms with Gasteiger partial charge in [0.1, 0.15) is 12.4 Å². The highest BCUT2D eigenvalue weighted by Gasteiger charge is 2.27. The lowest BCUT2D eigenvalue weighted by molar-refractivity contribution is -0.385. The van der Waals surface area contributed by atoms with Crippen LogP contribution in [0.5, 0.6) is 0 Å². The molecule has 6 nitrogen and oxygen atoms in total. The average molecular weight is 324 g/mol. The largest absolute Gasteiger partial charge is 0.411 e. The SMILES string of the molecule is O=C(NCCCOCC(F)(F)F)c1ccc([N+](=O)[O-])cc1F. The molecule has 0 saturated carbocycles. The number of benzene rings is 1. The first-order valence-corrected chi connectivity index (χ1v) is 6.07. The van der Waals surface area contributed by atoms with Gasteiger partial charge in [-0.15, -0.1) is 0 Å². The molecule has 0 radical (unpaired) electrons. The van der Waals surface area contributed by atoms with Gasteiger partial charge in [0.25, 0.3) is 11.6 Å². The number of nitro groups is 1. The number of nitrogens with one attached hydrogen (secondary N) is 1. The van der Waals surface area contributed by atoms with Crippen LogP contribution in [0, 0.1) is 15.9 Å². The molecule has 0 aromatic heterocycles. The second kappa shape index (κ2) is 7.69. The summed E-state index contributed by atoms with van der Waals surface area (Å²) in [6, 6.07) is 2.55. The second-order valence-corrected chi connectivity index (χ2v) is 4.20. The van der Waals surface area contributed by atoms with Gasteiger partial charge in [-0.2, -0.15) is 13.2 Å². The molecule has 1 rings (SSSR count). The molecule has 1 amide bonds. The number of nitrogens with zero attached hydrogens (tertiary/aromatic N) is 1. The van der Waals surface area contributed by atoms with Gasteiger partial charge in [0.2, 0.25) is 0 Å². The molecule has 0 saturated heterocycles. The van der Waals surface area contributed by atoms with Crippen molar-refractivity contribution >= 4 is 11.6 Å². The normalized spacial score (nSPS) is 11.3. The Balaban J connectivity index is 2.38. The van der Waals surface area contributed by atoms with Gasteiger partial charge >= 0.3 is 6.18 Å². The van der Waals surface area contributed by atoms with Gasteiger partial charge in [0.15, 0.2) is 0 Å². The van der Waals surface area contributed by atoms with Gasteiger partial charge in [-0.25, -0.2) is 4.39 Å². The van der Waals surface area contributed by atoms with E-state index in [2.05, 4.69) is 10.1 Å². The first kappa shape index (κ1) is 17.8. The molecule has 0 fully saturated rings. The fraction of sp³-hybridized carbons (Fsp3) is 0.417. The number of amides is 1. The van der Waals surface area contributed by atoms with Crippen LogP contribution in [0.3, 0.4) is 0 Å². The van der Waals surface area contributed by atoms with Gasteiger partial charge in [-0.05, 0) is 12.5 Å². The number of alkyl halides is 3. The van der Waals surface area contributed by atoms with Crippen LogP contribution in [-0.4, -0.2) is 36.8 Å². The molecular formula is C12H12F4N2O4. The summed E-state index contributed by atoms with van der Waals surface area (Å²) < 4.78 is 53.1. The highest BCUT2D eigenvalue weighted by Crippen LogP contribution is 2.16. The molecule has 22 heavy (non-hydrogen) atoms. The Labute approximate surface area is 122 Å². The zero-order valence-electron chi connectivity index (χ0n) is 11.2.